The van der Waals surface area contributed by atoms with Gasteiger partial charge in [0.25, 0.3) is 0 Å². The lowest BCUT2D eigenvalue weighted by molar-refractivity contribution is 3.59. The molecule has 10 heteroatoms. The molecule has 0 aromatic carbocycles. The van der Waals surface area contributed by atoms with Crippen LogP contribution in [0.25, 0.3) is 0 Å². The van der Waals surface area contributed by atoms with Crippen LogP contribution in [-0.4, -0.2) is 72.0 Å². The molecule has 0 aromatic rings. The van der Waals surface area contributed by atoms with Crippen molar-refractivity contribution in [2.75, 3.05) is 0 Å². The second kappa shape index (κ2) is 6.37. The zero-order chi connectivity index (χ0) is 7.98. The summed E-state index contributed by atoms with van der Waals surface area (Å²) >= 11 is 0. The molecule has 0 aliphatic rings. The molecule has 0 nitrogen and oxygen atoms in total. The number of hydrogen-bond donors (Lipinski definition) is 0. The molecule has 0 rings (SSSR count). The summed E-state index contributed by atoms with van der Waals surface area (Å²) in [5.41, 5.74) is 0. The maximum absolute atomic E-state index is 2.31. The van der Waals surface area contributed by atoms with Crippen LogP contribution in [0.1, 0.15) is 0 Å². The Morgan fingerprint density at radius 2 is 0.800 bits per heavy atom. The minimum Gasteiger partial charge on any atom is 0.0123 e. The Labute approximate surface area is 72.4 Å². The molecule has 0 amide bonds. The molecule has 0 saturated heterocycles. The zero-order valence-corrected chi connectivity index (χ0v) is 7.98. The van der Waals surface area contributed by atoms with Gasteiger partial charge in [0.1, 0.15) is 0 Å². The average Bonchev–Trinajstić information content (AvgIpc) is 2.00. The van der Waals surface area contributed by atoms with Gasteiger partial charge in [0.2, 0.25) is 0 Å². The average molecular weight is 120 g/mol. The van der Waals surface area contributed by atoms with Gasteiger partial charge < -0.3 is 0 Å². The molecule has 0 radical (unpaired) electrons. The predicted molar refractivity (Wildman–Crippen MR) is 74.3 cm³/mol. The fourth-order valence-electron chi connectivity index (χ4n) is 1.91. The van der Waals surface area contributed by atoms with Crippen LogP contribution in [0, 0.1) is 0 Å². The second-order valence-corrected chi connectivity index (χ2v) is 3.15. The van der Waals surface area contributed by atoms with Gasteiger partial charge >= 0.3 is 0 Å². The third kappa shape index (κ3) is 3.16. The Hall–Kier alpha value is 0.649. The first-order valence-electron chi connectivity index (χ1n) is 4.79. The molecule has 42 valence electrons. The molecule has 0 spiro atoms. The molecule has 0 aliphatic carbocycles. The van der Waals surface area contributed by atoms with Crippen LogP contribution < -0.4 is 0 Å². The van der Waals surface area contributed by atoms with Crippen molar-refractivity contribution in [1.82, 2.24) is 0 Å². The molecule has 0 fully saturated rings. The first kappa shape index (κ1) is 10.6. The van der Waals surface area contributed by atoms with Gasteiger partial charge in [-0.15, -0.1) is 0 Å². The van der Waals surface area contributed by atoms with Crippen molar-refractivity contribution >= 4 is 72.0 Å². The zero-order valence-electron chi connectivity index (χ0n) is 7.98. The lowest BCUT2D eigenvalue weighted by atomic mass is 8.64. The second-order valence-electron chi connectivity index (χ2n) is 3.15. The monoisotopic (exact) mass is 122 g/mol. The standard InChI is InChI=1S/B10H12/c1-5-9(6-2)10(7-3)8-4/h5-8H,1-4H2. The molecule has 0 bridgehead atoms. The first-order valence-corrected chi connectivity index (χ1v) is 4.79. The van der Waals surface area contributed by atoms with Gasteiger partial charge in [0.15, 0.2) is 0 Å². The first-order chi connectivity index (χ1) is 4.79. The molecule has 10 heavy (non-hydrogen) atoms. The minimum absolute atomic E-state index is 0.981. The number of hydrogen-bond acceptors (Lipinski definition) is 0. The normalized spacial score (nSPS) is 7.60. The topological polar surface area (TPSA) is 0 Å². The van der Waals surface area contributed by atoms with E-state index in [4.69, 9.17) is 0 Å². The van der Waals surface area contributed by atoms with E-state index in [1.54, 1.807) is 0 Å². The van der Waals surface area contributed by atoms with E-state index >= 15 is 0 Å². The van der Waals surface area contributed by atoms with E-state index in [0.717, 1.165) is 12.8 Å². The third-order valence-corrected chi connectivity index (χ3v) is 2.76. The van der Waals surface area contributed by atoms with Crippen molar-refractivity contribution < 1.29 is 0 Å². The van der Waals surface area contributed by atoms with Crippen LogP contribution in [0.5, 0.6) is 0 Å². The van der Waals surface area contributed by atoms with Crippen LogP contribution in [0.15, 0.2) is 0 Å². The molecule has 0 aliphatic heterocycles. The van der Waals surface area contributed by atoms with Crippen molar-refractivity contribution in [2.45, 2.75) is 0 Å². The summed E-state index contributed by atoms with van der Waals surface area (Å²) in [5, 5.41) is 0. The largest absolute Gasteiger partial charge is 0.0593 e. The molecule has 0 unspecified atom stereocenters. The Kier molecular flexibility index (Phi) is 6.78. The Morgan fingerprint density at radius 1 is 0.600 bits per heavy atom. The van der Waals surface area contributed by atoms with Crippen molar-refractivity contribution in [3.05, 3.63) is 0 Å². The summed E-state index contributed by atoms with van der Waals surface area (Å²) in [7, 11) is 14.7. The maximum Gasteiger partial charge on any atom is 0.0593 e. The highest BCUT2D eigenvalue weighted by molar-refractivity contribution is 7.93. The van der Waals surface area contributed by atoms with Crippen molar-refractivity contribution in [1.29, 1.82) is 0 Å². The fourth-order valence-corrected chi connectivity index (χ4v) is 1.91. The summed E-state index contributed by atoms with van der Waals surface area (Å²) in [5.74, 6) is 0. The predicted octanol–water partition coefficient (Wildman–Crippen LogP) is -7.02. The van der Waals surface area contributed by atoms with Gasteiger partial charge in [0.05, 0.1) is 30.9 Å². The molecular weight excluding hydrogens is 108 g/mol. The number of rotatable bonds is 5. The Morgan fingerprint density at radius 3 is 0.900 bits per heavy atom. The molecule has 0 aromatic heterocycles. The highest BCUT2D eigenvalue weighted by Gasteiger charge is 2.20. The van der Waals surface area contributed by atoms with Gasteiger partial charge in [-0.1, -0.05) is 0 Å². The summed E-state index contributed by atoms with van der Waals surface area (Å²) in [6, 6.07) is 0. The maximum atomic E-state index is 2.31. The van der Waals surface area contributed by atoms with E-state index < -0.39 is 0 Å². The van der Waals surface area contributed by atoms with E-state index in [9.17, 15) is 0 Å². The van der Waals surface area contributed by atoms with Crippen LogP contribution in [0.2, 0.25) is 0 Å². The SMILES string of the molecule is BBB(BB)B(BB)BB. The van der Waals surface area contributed by atoms with E-state index in [1.807, 2.05) is 0 Å². The van der Waals surface area contributed by atoms with Crippen LogP contribution in [0.4, 0.5) is 0 Å². The summed E-state index contributed by atoms with van der Waals surface area (Å²) in [4.78, 5) is 0. The van der Waals surface area contributed by atoms with Gasteiger partial charge in [-0.05, 0) is 0 Å². The Balaban J connectivity index is 3.70. The quantitative estimate of drug-likeness (QED) is 0.316. The van der Waals surface area contributed by atoms with Crippen molar-refractivity contribution in [3.8, 4) is 0 Å². The lowest BCUT2D eigenvalue weighted by Crippen LogP contribution is -2.55. The molecule has 0 N–H and O–H groups in total. The minimum atomic E-state index is 0.981. The highest BCUT2D eigenvalue weighted by atomic mass is 13.0. The molecule has 0 saturated carbocycles. The van der Waals surface area contributed by atoms with Crippen LogP contribution in [0.3, 0.4) is 0 Å². The van der Waals surface area contributed by atoms with Crippen molar-refractivity contribution in [2.24, 2.45) is 0 Å². The summed E-state index contributed by atoms with van der Waals surface area (Å²) in [6.45, 7) is 0. The van der Waals surface area contributed by atoms with Gasteiger partial charge in [-0.2, -0.15) is 0 Å². The fraction of sp³-hybridized carbons (Fsp3) is 0. The molecular formula is H12B10. The van der Waals surface area contributed by atoms with E-state index in [0.29, 0.717) is 0 Å². The third-order valence-electron chi connectivity index (χ3n) is 2.76. The highest BCUT2D eigenvalue weighted by Crippen LogP contribution is 1.79. The molecule has 0 heterocycles. The van der Waals surface area contributed by atoms with E-state index in [-0.39, 0.29) is 0 Å². The lowest BCUT2D eigenvalue weighted by Gasteiger charge is -2.14. The van der Waals surface area contributed by atoms with Gasteiger partial charge in [-0.3, -0.25) is 0 Å². The van der Waals surface area contributed by atoms with Crippen molar-refractivity contribution in [3.63, 3.8) is 0 Å². The van der Waals surface area contributed by atoms with Crippen LogP contribution in [-0.2, 0) is 0 Å². The van der Waals surface area contributed by atoms with Gasteiger partial charge in [0, 0.05) is 41.0 Å². The smallest absolute Gasteiger partial charge is 0.0123 e. The van der Waals surface area contributed by atoms with Crippen LogP contribution >= 0.6 is 0 Å². The molecule has 0 atom stereocenters. The van der Waals surface area contributed by atoms with E-state index in [2.05, 4.69) is 30.9 Å². The summed E-state index contributed by atoms with van der Waals surface area (Å²) < 4.78 is 0. The van der Waals surface area contributed by atoms with Gasteiger partial charge in [-0.25, -0.2) is 0 Å². The summed E-state index contributed by atoms with van der Waals surface area (Å²) in [6.07, 6.45) is 1.96. The van der Waals surface area contributed by atoms with E-state index in [1.165, 1.54) is 28.2 Å². The Bertz CT molecular complexity index is 48.4.